The molecule has 1 aromatic carbocycles. The largest absolute Gasteiger partial charge is 0.494 e. The Morgan fingerprint density at radius 1 is 1.25 bits per heavy atom. The van der Waals surface area contributed by atoms with E-state index in [2.05, 4.69) is 16.0 Å². The molecule has 24 heavy (non-hydrogen) atoms. The van der Waals surface area contributed by atoms with E-state index in [1.165, 1.54) is 31.7 Å². The second-order valence-electron chi connectivity index (χ2n) is 6.01. The molecule has 1 aromatic rings. The van der Waals surface area contributed by atoms with Crippen LogP contribution in [0.5, 0.6) is 5.75 Å². The van der Waals surface area contributed by atoms with Gasteiger partial charge in [-0.05, 0) is 31.9 Å². The van der Waals surface area contributed by atoms with Crippen LogP contribution in [0.1, 0.15) is 39.0 Å². The molecule has 132 valence electrons. The van der Waals surface area contributed by atoms with E-state index in [1.54, 1.807) is 6.92 Å². The first-order valence-corrected chi connectivity index (χ1v) is 8.21. The van der Waals surface area contributed by atoms with E-state index in [-0.39, 0.29) is 6.04 Å². The number of rotatable bonds is 5. The predicted molar refractivity (Wildman–Crippen MR) is 89.6 cm³/mol. The fourth-order valence-corrected chi connectivity index (χ4v) is 2.77. The standard InChI is InChI=1S/C17H24FN3O3/c1-11(19-14-9-8-12(18)10-15(14)24-2)16(22)21-17(23)20-13-6-4-3-5-7-13/h8-11,13,19H,3-7H2,1-2H3,(H2,20,21,22,23). The summed E-state index contributed by atoms with van der Waals surface area (Å²) in [6.07, 6.45) is 5.28. The molecule has 0 aromatic heterocycles. The number of hydrogen-bond acceptors (Lipinski definition) is 4. The molecule has 1 aliphatic rings. The Morgan fingerprint density at radius 3 is 2.62 bits per heavy atom. The number of ether oxygens (including phenoxy) is 1. The van der Waals surface area contributed by atoms with E-state index in [9.17, 15) is 14.0 Å². The highest BCUT2D eigenvalue weighted by atomic mass is 19.1. The van der Waals surface area contributed by atoms with Gasteiger partial charge in [0.05, 0.1) is 12.8 Å². The Kier molecular flexibility index (Phi) is 6.40. The van der Waals surface area contributed by atoms with Crippen LogP contribution in [0.3, 0.4) is 0 Å². The number of carbonyl (C=O) groups excluding carboxylic acids is 2. The summed E-state index contributed by atoms with van der Waals surface area (Å²) in [5, 5.41) is 8.07. The van der Waals surface area contributed by atoms with Crippen LogP contribution in [0.15, 0.2) is 18.2 Å². The van der Waals surface area contributed by atoms with Crippen LogP contribution in [0.2, 0.25) is 0 Å². The van der Waals surface area contributed by atoms with Gasteiger partial charge in [-0.15, -0.1) is 0 Å². The third-order valence-corrected chi connectivity index (χ3v) is 4.11. The third kappa shape index (κ3) is 5.11. The molecule has 1 atom stereocenters. The maximum atomic E-state index is 13.2. The van der Waals surface area contributed by atoms with E-state index in [0.717, 1.165) is 25.7 Å². The number of hydrogen-bond donors (Lipinski definition) is 3. The second kappa shape index (κ2) is 8.52. The molecule has 7 heteroatoms. The summed E-state index contributed by atoms with van der Waals surface area (Å²) in [5.41, 5.74) is 0.481. The van der Waals surface area contributed by atoms with Gasteiger partial charge in [0.25, 0.3) is 0 Å². The van der Waals surface area contributed by atoms with Gasteiger partial charge in [0.2, 0.25) is 5.91 Å². The highest BCUT2D eigenvalue weighted by Crippen LogP contribution is 2.25. The molecular weight excluding hydrogens is 313 g/mol. The average molecular weight is 337 g/mol. The van der Waals surface area contributed by atoms with Gasteiger partial charge in [0, 0.05) is 12.1 Å². The Balaban J connectivity index is 1.86. The minimum atomic E-state index is -0.679. The van der Waals surface area contributed by atoms with E-state index >= 15 is 0 Å². The summed E-state index contributed by atoms with van der Waals surface area (Å²) in [7, 11) is 1.42. The monoisotopic (exact) mass is 337 g/mol. The molecule has 1 saturated carbocycles. The summed E-state index contributed by atoms with van der Waals surface area (Å²) < 4.78 is 18.3. The SMILES string of the molecule is COc1cc(F)ccc1NC(C)C(=O)NC(=O)NC1CCCCC1. The van der Waals surface area contributed by atoms with Gasteiger partial charge in [0.15, 0.2) is 0 Å². The number of nitrogens with one attached hydrogen (secondary N) is 3. The molecule has 1 fully saturated rings. The number of anilines is 1. The van der Waals surface area contributed by atoms with Gasteiger partial charge >= 0.3 is 6.03 Å². The summed E-state index contributed by atoms with van der Waals surface area (Å²) in [5.74, 6) is -0.600. The normalized spacial score (nSPS) is 16.1. The number of amides is 3. The maximum Gasteiger partial charge on any atom is 0.321 e. The molecule has 3 amide bonds. The van der Waals surface area contributed by atoms with Gasteiger partial charge in [-0.1, -0.05) is 19.3 Å². The first-order chi connectivity index (χ1) is 11.5. The highest BCUT2D eigenvalue weighted by Gasteiger charge is 2.20. The van der Waals surface area contributed by atoms with Crippen molar-refractivity contribution in [1.82, 2.24) is 10.6 Å². The average Bonchev–Trinajstić information content (AvgIpc) is 2.57. The number of imide groups is 1. The smallest absolute Gasteiger partial charge is 0.321 e. The molecule has 6 nitrogen and oxygen atoms in total. The van der Waals surface area contributed by atoms with Gasteiger partial charge in [0.1, 0.15) is 17.6 Å². The lowest BCUT2D eigenvalue weighted by molar-refractivity contribution is -0.120. The van der Waals surface area contributed by atoms with E-state index in [0.29, 0.717) is 11.4 Å². The number of benzene rings is 1. The van der Waals surface area contributed by atoms with Crippen molar-refractivity contribution in [3.05, 3.63) is 24.0 Å². The molecule has 1 aliphatic carbocycles. The topological polar surface area (TPSA) is 79.5 Å². The number of halogens is 1. The first kappa shape index (κ1) is 18.0. The zero-order chi connectivity index (χ0) is 17.5. The van der Waals surface area contributed by atoms with Gasteiger partial charge < -0.3 is 15.4 Å². The molecule has 0 spiro atoms. The minimum Gasteiger partial charge on any atom is -0.494 e. The van der Waals surface area contributed by atoms with Crippen LogP contribution in [0.4, 0.5) is 14.9 Å². The summed E-state index contributed by atoms with van der Waals surface area (Å²) >= 11 is 0. The van der Waals surface area contributed by atoms with Crippen molar-refractivity contribution in [2.24, 2.45) is 0 Å². The summed E-state index contributed by atoms with van der Waals surface area (Å²) in [4.78, 5) is 24.0. The molecule has 0 radical (unpaired) electrons. The lowest BCUT2D eigenvalue weighted by atomic mass is 9.96. The van der Waals surface area contributed by atoms with E-state index in [4.69, 9.17) is 4.74 Å². The minimum absolute atomic E-state index is 0.131. The first-order valence-electron chi connectivity index (χ1n) is 8.21. The highest BCUT2D eigenvalue weighted by molar-refractivity contribution is 5.98. The molecule has 0 bridgehead atoms. The van der Waals surface area contributed by atoms with E-state index in [1.807, 2.05) is 0 Å². The number of methoxy groups -OCH3 is 1. The summed E-state index contributed by atoms with van der Waals surface area (Å²) in [6.45, 7) is 1.62. The van der Waals surface area contributed by atoms with Gasteiger partial charge in [-0.25, -0.2) is 9.18 Å². The van der Waals surface area contributed by atoms with Gasteiger partial charge in [-0.3, -0.25) is 10.1 Å². The fraction of sp³-hybridized carbons (Fsp3) is 0.529. The van der Waals surface area contributed by atoms with Crippen molar-refractivity contribution < 1.29 is 18.7 Å². The third-order valence-electron chi connectivity index (χ3n) is 4.11. The molecule has 0 saturated heterocycles. The lowest BCUT2D eigenvalue weighted by Crippen LogP contribution is -2.49. The molecular formula is C17H24FN3O3. The fourth-order valence-electron chi connectivity index (χ4n) is 2.77. The Morgan fingerprint density at radius 2 is 1.96 bits per heavy atom. The number of urea groups is 1. The van der Waals surface area contributed by atoms with Crippen molar-refractivity contribution in [2.45, 2.75) is 51.1 Å². The van der Waals surface area contributed by atoms with Crippen LogP contribution >= 0.6 is 0 Å². The lowest BCUT2D eigenvalue weighted by Gasteiger charge is -2.23. The van der Waals surface area contributed by atoms with Crippen molar-refractivity contribution in [2.75, 3.05) is 12.4 Å². The van der Waals surface area contributed by atoms with Gasteiger partial charge in [-0.2, -0.15) is 0 Å². The number of carbonyl (C=O) groups is 2. The quantitative estimate of drug-likeness (QED) is 0.772. The van der Waals surface area contributed by atoms with Crippen LogP contribution in [0, 0.1) is 5.82 Å². The Labute approximate surface area is 141 Å². The molecule has 1 unspecified atom stereocenters. The van der Waals surface area contributed by atoms with Crippen molar-refractivity contribution in [1.29, 1.82) is 0 Å². The summed E-state index contributed by atoms with van der Waals surface area (Å²) in [6, 6.07) is 2.95. The van der Waals surface area contributed by atoms with Crippen LogP contribution in [-0.4, -0.2) is 31.1 Å². The van der Waals surface area contributed by atoms with Crippen molar-refractivity contribution in [3.63, 3.8) is 0 Å². The Bertz CT molecular complexity index is 588. The van der Waals surface area contributed by atoms with Crippen molar-refractivity contribution >= 4 is 17.6 Å². The molecule has 3 N–H and O–H groups in total. The van der Waals surface area contributed by atoms with Crippen LogP contribution in [0.25, 0.3) is 0 Å². The zero-order valence-electron chi connectivity index (χ0n) is 14.0. The second-order valence-corrected chi connectivity index (χ2v) is 6.01. The van der Waals surface area contributed by atoms with Crippen molar-refractivity contribution in [3.8, 4) is 5.75 Å². The molecule has 2 rings (SSSR count). The van der Waals surface area contributed by atoms with Crippen LogP contribution in [-0.2, 0) is 4.79 Å². The molecule has 0 aliphatic heterocycles. The zero-order valence-corrected chi connectivity index (χ0v) is 14.0. The van der Waals surface area contributed by atoms with Crippen LogP contribution < -0.4 is 20.7 Å². The predicted octanol–water partition coefficient (Wildman–Crippen LogP) is 2.79. The Hall–Kier alpha value is -2.31. The van der Waals surface area contributed by atoms with E-state index < -0.39 is 23.8 Å². The molecule has 0 heterocycles. The maximum absolute atomic E-state index is 13.2.